The van der Waals surface area contributed by atoms with E-state index in [4.69, 9.17) is 0 Å². The molecule has 1 aliphatic heterocycles. The third-order valence-corrected chi connectivity index (χ3v) is 14.8. The van der Waals surface area contributed by atoms with Crippen LogP contribution in [0.25, 0.3) is 33.4 Å². The number of nitrogens with zero attached hydrogens (tertiary/aromatic N) is 1. The van der Waals surface area contributed by atoms with Gasteiger partial charge in [-0.25, -0.2) is 0 Å². The van der Waals surface area contributed by atoms with E-state index in [0.717, 1.165) is 11.4 Å². The lowest BCUT2D eigenvalue weighted by atomic mass is 9.74. The van der Waals surface area contributed by atoms with Gasteiger partial charge in [-0.05, 0) is 122 Å². The molecule has 8 aromatic rings. The maximum absolute atomic E-state index is 2.50. The zero-order valence-electron chi connectivity index (χ0n) is 33.7. The number of anilines is 3. The maximum Gasteiger partial charge on any atom is 0.0604 e. The minimum atomic E-state index is -0.300. The van der Waals surface area contributed by atoms with Gasteiger partial charge in [0.2, 0.25) is 0 Å². The van der Waals surface area contributed by atoms with Gasteiger partial charge in [0.05, 0.1) is 5.69 Å². The van der Waals surface area contributed by atoms with Gasteiger partial charge in [0.1, 0.15) is 0 Å². The summed E-state index contributed by atoms with van der Waals surface area (Å²) in [6.45, 7) is 11.9. The summed E-state index contributed by atoms with van der Waals surface area (Å²) in [5, 5.41) is 0. The molecule has 280 valence electrons. The molecule has 1 heterocycles. The second kappa shape index (κ2) is 12.7. The molecule has 0 N–H and O–H groups in total. The smallest absolute Gasteiger partial charge is 0.0604 e. The molecule has 2 heteroatoms. The van der Waals surface area contributed by atoms with Crippen molar-refractivity contribution in [3.8, 4) is 33.4 Å². The van der Waals surface area contributed by atoms with Crippen molar-refractivity contribution in [2.24, 2.45) is 0 Å². The Morgan fingerprint density at radius 2 is 0.914 bits per heavy atom. The summed E-state index contributed by atoms with van der Waals surface area (Å²) in [6, 6.07) is 68.3. The number of hydrogen-bond acceptors (Lipinski definition) is 2. The molecular weight excluding hydrogens is 719 g/mol. The van der Waals surface area contributed by atoms with Crippen LogP contribution < -0.4 is 4.90 Å². The van der Waals surface area contributed by atoms with Crippen LogP contribution >= 0.6 is 11.8 Å². The molecule has 11 rings (SSSR count). The Kier molecular flexibility index (Phi) is 7.69. The standard InChI is InChI=1S/C56H45NS/c1-54(2)45-21-9-6-20-43(45)44-34-37(30-33-46(44)54)36-28-31-39(32-29-36)57(51-26-15-25-50-53(51)58-52-27-13-12-24-49(52)55(50,3)4)40-17-14-16-38(35-40)56(5)47-22-10-7-18-41(47)42-19-8-11-23-48(42)56/h6-35H,1-5H3. The van der Waals surface area contributed by atoms with Crippen LogP contribution in [-0.4, -0.2) is 0 Å². The Balaban J connectivity index is 1.07. The Bertz CT molecular complexity index is 2900. The molecule has 0 atom stereocenters. The topological polar surface area (TPSA) is 3.24 Å². The maximum atomic E-state index is 2.50. The van der Waals surface area contributed by atoms with Crippen LogP contribution in [0.5, 0.6) is 0 Å². The van der Waals surface area contributed by atoms with Crippen LogP contribution in [0.3, 0.4) is 0 Å². The summed E-state index contributed by atoms with van der Waals surface area (Å²) in [6.07, 6.45) is 0. The first-order valence-corrected chi connectivity index (χ1v) is 21.3. The predicted octanol–water partition coefficient (Wildman–Crippen LogP) is 15.3. The highest BCUT2D eigenvalue weighted by Gasteiger charge is 2.41. The summed E-state index contributed by atoms with van der Waals surface area (Å²) >= 11 is 1.90. The molecule has 0 fully saturated rings. The SMILES string of the molecule is CC1(C)c2ccccc2-c2cc(-c3ccc(N(c4cccc(C5(C)c6ccccc6-c6ccccc65)c4)c4cccc5c4Sc4ccccc4C5(C)C)cc3)ccc21. The molecule has 0 spiro atoms. The minimum Gasteiger partial charge on any atom is -0.309 e. The molecule has 3 aliphatic rings. The van der Waals surface area contributed by atoms with E-state index >= 15 is 0 Å². The molecule has 1 nitrogen and oxygen atoms in total. The lowest BCUT2D eigenvalue weighted by molar-refractivity contribution is 0.607. The van der Waals surface area contributed by atoms with Crippen molar-refractivity contribution in [2.45, 2.75) is 60.7 Å². The molecular formula is C56H45NS. The fraction of sp³-hybridized carbons (Fsp3) is 0.143. The van der Waals surface area contributed by atoms with E-state index in [9.17, 15) is 0 Å². The van der Waals surface area contributed by atoms with E-state index < -0.39 is 0 Å². The quantitative estimate of drug-likeness (QED) is 0.172. The first-order chi connectivity index (χ1) is 28.2. The van der Waals surface area contributed by atoms with Crippen LogP contribution in [-0.2, 0) is 16.2 Å². The Morgan fingerprint density at radius 1 is 0.379 bits per heavy atom. The minimum absolute atomic E-state index is 0.00894. The van der Waals surface area contributed by atoms with Gasteiger partial charge in [-0.2, -0.15) is 0 Å². The highest BCUT2D eigenvalue weighted by molar-refractivity contribution is 7.99. The lowest BCUT2D eigenvalue weighted by Crippen LogP contribution is -2.25. The van der Waals surface area contributed by atoms with E-state index in [1.807, 2.05) is 11.8 Å². The lowest BCUT2D eigenvalue weighted by Gasteiger charge is -2.38. The van der Waals surface area contributed by atoms with E-state index in [1.54, 1.807) is 0 Å². The third kappa shape index (κ3) is 4.98. The van der Waals surface area contributed by atoms with Gasteiger partial charge in [-0.1, -0.05) is 179 Å². The van der Waals surface area contributed by atoms with Gasteiger partial charge in [0, 0.05) is 37.4 Å². The average Bonchev–Trinajstić information content (AvgIpc) is 3.66. The number of fused-ring (bicyclic) bond motifs is 8. The molecule has 0 saturated heterocycles. The highest BCUT2D eigenvalue weighted by Crippen LogP contribution is 2.56. The Hall–Kier alpha value is -6.09. The molecule has 8 aromatic carbocycles. The summed E-state index contributed by atoms with van der Waals surface area (Å²) < 4.78 is 0. The molecule has 0 radical (unpaired) electrons. The van der Waals surface area contributed by atoms with Crippen LogP contribution in [0.2, 0.25) is 0 Å². The van der Waals surface area contributed by atoms with Crippen LogP contribution in [0.4, 0.5) is 17.1 Å². The molecule has 2 aliphatic carbocycles. The summed E-state index contributed by atoms with van der Waals surface area (Å²) in [5.74, 6) is 0. The van der Waals surface area contributed by atoms with Gasteiger partial charge in [0.25, 0.3) is 0 Å². The van der Waals surface area contributed by atoms with Crippen LogP contribution in [0.15, 0.2) is 192 Å². The predicted molar refractivity (Wildman–Crippen MR) is 244 cm³/mol. The summed E-state index contributed by atoms with van der Waals surface area (Å²) in [4.78, 5) is 5.13. The van der Waals surface area contributed by atoms with E-state index in [2.05, 4.69) is 222 Å². The molecule has 0 aromatic heterocycles. The third-order valence-electron chi connectivity index (χ3n) is 13.6. The number of hydrogen-bond donors (Lipinski definition) is 0. The normalized spacial score (nSPS) is 15.7. The second-order valence-corrected chi connectivity index (χ2v) is 18.5. The van der Waals surface area contributed by atoms with Crippen LogP contribution in [0.1, 0.15) is 73.6 Å². The number of benzene rings is 8. The average molecular weight is 764 g/mol. The van der Waals surface area contributed by atoms with E-state index in [0.29, 0.717) is 0 Å². The van der Waals surface area contributed by atoms with Gasteiger partial charge in [-0.15, -0.1) is 0 Å². The Morgan fingerprint density at radius 3 is 1.62 bits per heavy atom. The van der Waals surface area contributed by atoms with Gasteiger partial charge in [-0.3, -0.25) is 0 Å². The molecule has 0 bridgehead atoms. The fourth-order valence-corrected chi connectivity index (χ4v) is 12.0. The second-order valence-electron chi connectivity index (χ2n) is 17.5. The highest BCUT2D eigenvalue weighted by atomic mass is 32.2. The van der Waals surface area contributed by atoms with Crippen molar-refractivity contribution in [3.63, 3.8) is 0 Å². The summed E-state index contributed by atoms with van der Waals surface area (Å²) in [7, 11) is 0. The van der Waals surface area contributed by atoms with Crippen molar-refractivity contribution >= 4 is 28.8 Å². The monoisotopic (exact) mass is 763 g/mol. The largest absolute Gasteiger partial charge is 0.309 e. The first kappa shape index (κ1) is 35.1. The van der Waals surface area contributed by atoms with Crippen molar-refractivity contribution in [2.75, 3.05) is 4.90 Å². The van der Waals surface area contributed by atoms with E-state index in [1.165, 1.54) is 87.8 Å². The Labute approximate surface area is 347 Å². The van der Waals surface area contributed by atoms with Crippen molar-refractivity contribution in [1.82, 2.24) is 0 Å². The molecule has 0 saturated carbocycles. The number of rotatable bonds is 5. The van der Waals surface area contributed by atoms with Gasteiger partial charge < -0.3 is 4.90 Å². The summed E-state index contributed by atoms with van der Waals surface area (Å²) in [5.41, 5.74) is 20.4. The van der Waals surface area contributed by atoms with Gasteiger partial charge >= 0.3 is 0 Å². The van der Waals surface area contributed by atoms with Crippen LogP contribution in [0, 0.1) is 0 Å². The fourth-order valence-electron chi connectivity index (χ4n) is 10.5. The molecule has 58 heavy (non-hydrogen) atoms. The molecule has 0 amide bonds. The van der Waals surface area contributed by atoms with Crippen molar-refractivity contribution in [1.29, 1.82) is 0 Å². The zero-order chi connectivity index (χ0) is 39.4. The van der Waals surface area contributed by atoms with Gasteiger partial charge in [0.15, 0.2) is 0 Å². The first-order valence-electron chi connectivity index (χ1n) is 20.5. The van der Waals surface area contributed by atoms with E-state index in [-0.39, 0.29) is 16.2 Å². The van der Waals surface area contributed by atoms with Crippen molar-refractivity contribution < 1.29 is 0 Å². The molecule has 0 unspecified atom stereocenters. The zero-order valence-corrected chi connectivity index (χ0v) is 34.5. The van der Waals surface area contributed by atoms with Crippen molar-refractivity contribution in [3.05, 3.63) is 221 Å².